The van der Waals surface area contributed by atoms with Crippen molar-refractivity contribution in [3.8, 4) is 5.75 Å². The number of imidazole rings is 1. The molecule has 1 aromatic carbocycles. The molecule has 2 aromatic rings. The van der Waals surface area contributed by atoms with E-state index in [1.807, 2.05) is 36.0 Å². The minimum Gasteiger partial charge on any atom is -0.493 e. The first-order chi connectivity index (χ1) is 10.1. The van der Waals surface area contributed by atoms with Crippen LogP contribution in [0.5, 0.6) is 5.75 Å². The lowest BCUT2D eigenvalue weighted by Crippen LogP contribution is -2.22. The average molecular weight is 308 g/mol. The summed E-state index contributed by atoms with van der Waals surface area (Å²) in [4.78, 5) is 4.29. The summed E-state index contributed by atoms with van der Waals surface area (Å²) in [6, 6.07) is 5.82. The van der Waals surface area contributed by atoms with Crippen molar-refractivity contribution in [2.24, 2.45) is 12.8 Å². The Bertz CT molecular complexity index is 583. The van der Waals surface area contributed by atoms with Crippen molar-refractivity contribution >= 4 is 11.6 Å². The molecule has 1 heterocycles. The molecule has 1 atom stereocenters. The number of aryl methyl sites for hydroxylation is 1. The predicted octanol–water partition coefficient (Wildman–Crippen LogP) is 2.97. The third-order valence-electron chi connectivity index (χ3n) is 3.53. The summed E-state index contributed by atoms with van der Waals surface area (Å²) < 4.78 is 7.90. The van der Waals surface area contributed by atoms with Crippen molar-refractivity contribution in [3.63, 3.8) is 0 Å². The average Bonchev–Trinajstić information content (AvgIpc) is 2.86. The van der Waals surface area contributed by atoms with Crippen molar-refractivity contribution < 1.29 is 4.74 Å². The van der Waals surface area contributed by atoms with Crippen LogP contribution in [-0.2, 0) is 19.9 Å². The third kappa shape index (κ3) is 4.48. The van der Waals surface area contributed by atoms with Gasteiger partial charge in [0.2, 0.25) is 0 Å². The van der Waals surface area contributed by atoms with E-state index in [0.29, 0.717) is 11.6 Å². The van der Waals surface area contributed by atoms with E-state index in [9.17, 15) is 0 Å². The SMILES string of the molecule is CCC(N)Cc1cc(Cl)ccc1OCCc1nccn1C. The lowest BCUT2D eigenvalue weighted by Gasteiger charge is -2.15. The van der Waals surface area contributed by atoms with Crippen LogP contribution in [0.1, 0.15) is 24.7 Å². The van der Waals surface area contributed by atoms with Crippen LogP contribution in [0.4, 0.5) is 0 Å². The van der Waals surface area contributed by atoms with Crippen molar-refractivity contribution in [1.82, 2.24) is 9.55 Å². The summed E-state index contributed by atoms with van der Waals surface area (Å²) in [5.41, 5.74) is 7.10. The molecule has 0 fully saturated rings. The molecule has 2 N–H and O–H groups in total. The summed E-state index contributed by atoms with van der Waals surface area (Å²) in [5.74, 6) is 1.87. The lowest BCUT2D eigenvalue weighted by molar-refractivity contribution is 0.313. The molecule has 0 aliphatic heterocycles. The van der Waals surface area contributed by atoms with E-state index in [1.165, 1.54) is 0 Å². The smallest absolute Gasteiger partial charge is 0.122 e. The molecule has 21 heavy (non-hydrogen) atoms. The van der Waals surface area contributed by atoms with Crippen LogP contribution in [-0.4, -0.2) is 22.2 Å². The standard InChI is InChI=1S/C16H22ClN3O/c1-3-14(18)11-12-10-13(17)4-5-15(12)21-9-6-16-19-7-8-20(16)2/h4-5,7-8,10,14H,3,6,9,11,18H2,1-2H3. The lowest BCUT2D eigenvalue weighted by atomic mass is 10.0. The summed E-state index contributed by atoms with van der Waals surface area (Å²) in [5, 5.41) is 0.713. The highest BCUT2D eigenvalue weighted by Gasteiger charge is 2.09. The highest BCUT2D eigenvalue weighted by molar-refractivity contribution is 6.30. The highest BCUT2D eigenvalue weighted by atomic mass is 35.5. The minimum absolute atomic E-state index is 0.125. The Labute approximate surface area is 130 Å². The number of rotatable bonds is 7. The molecule has 114 valence electrons. The number of nitrogens with zero attached hydrogens (tertiary/aromatic N) is 2. The molecule has 0 bridgehead atoms. The Kier molecular flexibility index (Phi) is 5.65. The second-order valence-corrected chi connectivity index (χ2v) is 5.61. The topological polar surface area (TPSA) is 53.1 Å². The Balaban J connectivity index is 2.00. The van der Waals surface area contributed by atoms with Gasteiger partial charge in [-0.15, -0.1) is 0 Å². The molecule has 0 amide bonds. The number of halogens is 1. The molecule has 0 saturated heterocycles. The summed E-state index contributed by atoms with van der Waals surface area (Å²) in [6.07, 6.45) is 6.20. The van der Waals surface area contributed by atoms with E-state index in [0.717, 1.165) is 36.4 Å². The molecule has 0 aliphatic rings. The quantitative estimate of drug-likeness (QED) is 0.855. The highest BCUT2D eigenvalue weighted by Crippen LogP contribution is 2.24. The monoisotopic (exact) mass is 307 g/mol. The van der Waals surface area contributed by atoms with E-state index >= 15 is 0 Å². The summed E-state index contributed by atoms with van der Waals surface area (Å²) in [6.45, 7) is 2.66. The van der Waals surface area contributed by atoms with Crippen LogP contribution in [0.2, 0.25) is 5.02 Å². The molecule has 1 aromatic heterocycles. The third-order valence-corrected chi connectivity index (χ3v) is 3.77. The maximum atomic E-state index is 6.07. The van der Waals surface area contributed by atoms with Crippen molar-refractivity contribution in [2.75, 3.05) is 6.61 Å². The second-order valence-electron chi connectivity index (χ2n) is 5.18. The zero-order valence-electron chi connectivity index (χ0n) is 12.6. The van der Waals surface area contributed by atoms with Gasteiger partial charge < -0.3 is 15.0 Å². The van der Waals surface area contributed by atoms with Crippen LogP contribution in [0.3, 0.4) is 0 Å². The molecule has 4 nitrogen and oxygen atoms in total. The molecule has 0 spiro atoms. The van der Waals surface area contributed by atoms with Crippen LogP contribution in [0.25, 0.3) is 0 Å². The Morgan fingerprint density at radius 3 is 2.90 bits per heavy atom. The number of hydrogen-bond donors (Lipinski definition) is 1. The number of nitrogens with two attached hydrogens (primary N) is 1. The minimum atomic E-state index is 0.125. The van der Waals surface area contributed by atoms with Crippen LogP contribution in [0.15, 0.2) is 30.6 Å². The van der Waals surface area contributed by atoms with E-state index < -0.39 is 0 Å². The van der Waals surface area contributed by atoms with Gasteiger partial charge in [0.25, 0.3) is 0 Å². The molecule has 5 heteroatoms. The zero-order chi connectivity index (χ0) is 15.2. The molecule has 0 radical (unpaired) electrons. The number of hydrogen-bond acceptors (Lipinski definition) is 3. The van der Waals surface area contributed by atoms with Gasteiger partial charge in [0.05, 0.1) is 6.61 Å². The fourth-order valence-electron chi connectivity index (χ4n) is 2.16. The first-order valence-electron chi connectivity index (χ1n) is 7.23. The van der Waals surface area contributed by atoms with Gasteiger partial charge in [-0.2, -0.15) is 0 Å². The Hall–Kier alpha value is -1.52. The van der Waals surface area contributed by atoms with Crippen LogP contribution >= 0.6 is 11.6 Å². The van der Waals surface area contributed by atoms with Gasteiger partial charge in [-0.3, -0.25) is 0 Å². The van der Waals surface area contributed by atoms with Gasteiger partial charge in [-0.25, -0.2) is 4.98 Å². The Morgan fingerprint density at radius 2 is 2.24 bits per heavy atom. The van der Waals surface area contributed by atoms with E-state index in [4.69, 9.17) is 22.1 Å². The maximum absolute atomic E-state index is 6.07. The fourth-order valence-corrected chi connectivity index (χ4v) is 2.36. The van der Waals surface area contributed by atoms with Gasteiger partial charge in [0.1, 0.15) is 11.6 Å². The number of benzene rings is 1. The molecule has 2 rings (SSSR count). The van der Waals surface area contributed by atoms with E-state index in [2.05, 4.69) is 11.9 Å². The van der Waals surface area contributed by atoms with Crippen molar-refractivity contribution in [2.45, 2.75) is 32.2 Å². The zero-order valence-corrected chi connectivity index (χ0v) is 13.3. The molecular weight excluding hydrogens is 286 g/mol. The second kappa shape index (κ2) is 7.48. The predicted molar refractivity (Wildman–Crippen MR) is 85.8 cm³/mol. The van der Waals surface area contributed by atoms with Crippen molar-refractivity contribution in [3.05, 3.63) is 47.0 Å². The first kappa shape index (κ1) is 15.9. The van der Waals surface area contributed by atoms with Crippen LogP contribution in [0, 0.1) is 0 Å². The fraction of sp³-hybridized carbons (Fsp3) is 0.438. The largest absolute Gasteiger partial charge is 0.493 e. The number of aromatic nitrogens is 2. The van der Waals surface area contributed by atoms with Gasteiger partial charge in [0, 0.05) is 36.9 Å². The summed E-state index contributed by atoms with van der Waals surface area (Å²) in [7, 11) is 1.98. The molecule has 0 saturated carbocycles. The van der Waals surface area contributed by atoms with Gasteiger partial charge in [0.15, 0.2) is 0 Å². The van der Waals surface area contributed by atoms with Gasteiger partial charge in [-0.05, 0) is 36.6 Å². The normalized spacial score (nSPS) is 12.4. The first-order valence-corrected chi connectivity index (χ1v) is 7.61. The Morgan fingerprint density at radius 1 is 1.43 bits per heavy atom. The van der Waals surface area contributed by atoms with E-state index in [-0.39, 0.29) is 6.04 Å². The van der Waals surface area contributed by atoms with Gasteiger partial charge in [-0.1, -0.05) is 18.5 Å². The van der Waals surface area contributed by atoms with Gasteiger partial charge >= 0.3 is 0 Å². The molecule has 1 unspecified atom stereocenters. The molecule has 0 aliphatic carbocycles. The van der Waals surface area contributed by atoms with Crippen LogP contribution < -0.4 is 10.5 Å². The van der Waals surface area contributed by atoms with Crippen molar-refractivity contribution in [1.29, 1.82) is 0 Å². The van der Waals surface area contributed by atoms with E-state index in [1.54, 1.807) is 6.20 Å². The maximum Gasteiger partial charge on any atom is 0.122 e. The summed E-state index contributed by atoms with van der Waals surface area (Å²) >= 11 is 6.07. The molecular formula is C16H22ClN3O. The number of ether oxygens (including phenoxy) is 1.